The lowest BCUT2D eigenvalue weighted by atomic mass is 9.99. The molecular formula is C19H30NP. The quantitative estimate of drug-likeness (QED) is 0.638. The van der Waals surface area contributed by atoms with Crippen molar-refractivity contribution in [2.75, 3.05) is 11.6 Å². The molecule has 0 radical (unpaired) electrons. The van der Waals surface area contributed by atoms with Crippen molar-refractivity contribution in [3.05, 3.63) is 30.3 Å². The molecule has 3 rings (SSSR count). The number of benzene rings is 1. The minimum atomic E-state index is 0.168. The van der Waals surface area contributed by atoms with E-state index in [9.17, 15) is 0 Å². The first-order valence-electron chi connectivity index (χ1n) is 8.98. The van der Waals surface area contributed by atoms with Crippen LogP contribution in [0.5, 0.6) is 0 Å². The number of hydrogen-bond acceptors (Lipinski definition) is 1. The Bertz CT molecular complexity index is 375. The van der Waals surface area contributed by atoms with Crippen LogP contribution in [0.1, 0.15) is 64.2 Å². The van der Waals surface area contributed by atoms with Crippen LogP contribution in [0, 0.1) is 0 Å². The highest BCUT2D eigenvalue weighted by Gasteiger charge is 2.30. The predicted octanol–water partition coefficient (Wildman–Crippen LogP) is 6.20. The summed E-state index contributed by atoms with van der Waals surface area (Å²) < 4.78 is 0. The van der Waals surface area contributed by atoms with Crippen molar-refractivity contribution < 1.29 is 0 Å². The summed E-state index contributed by atoms with van der Waals surface area (Å²) in [7, 11) is 0.168. The zero-order chi connectivity index (χ0) is 14.3. The molecule has 1 N–H and O–H groups in total. The fraction of sp³-hybridized carbons (Fsp3) is 0.684. The highest BCUT2D eigenvalue weighted by Crippen LogP contribution is 2.55. The van der Waals surface area contributed by atoms with Crippen molar-refractivity contribution in [2.45, 2.75) is 75.5 Å². The summed E-state index contributed by atoms with van der Waals surface area (Å²) in [5, 5.41) is 3.77. The smallest absolute Gasteiger partial charge is 0.0353 e. The Hall–Kier alpha value is -0.550. The minimum absolute atomic E-state index is 0.168. The molecular weight excluding hydrogens is 273 g/mol. The van der Waals surface area contributed by atoms with Gasteiger partial charge in [-0.3, -0.25) is 0 Å². The third-order valence-corrected chi connectivity index (χ3v) is 8.76. The van der Waals surface area contributed by atoms with E-state index in [-0.39, 0.29) is 7.92 Å². The molecule has 0 bridgehead atoms. The van der Waals surface area contributed by atoms with E-state index in [1.54, 1.807) is 0 Å². The average molecular weight is 303 g/mol. The number of anilines is 1. The van der Waals surface area contributed by atoms with E-state index >= 15 is 0 Å². The van der Waals surface area contributed by atoms with Crippen LogP contribution in [-0.2, 0) is 0 Å². The molecule has 2 fully saturated rings. The fourth-order valence-corrected chi connectivity index (χ4v) is 7.65. The zero-order valence-electron chi connectivity index (χ0n) is 13.3. The third-order valence-electron chi connectivity index (χ3n) is 5.33. The maximum Gasteiger partial charge on any atom is 0.0353 e. The van der Waals surface area contributed by atoms with Crippen LogP contribution < -0.4 is 5.32 Å². The highest BCUT2D eigenvalue weighted by molar-refractivity contribution is 7.59. The van der Waals surface area contributed by atoms with Gasteiger partial charge in [0.05, 0.1) is 0 Å². The number of nitrogens with one attached hydrogen (secondary N) is 1. The monoisotopic (exact) mass is 303 g/mol. The van der Waals surface area contributed by atoms with Crippen LogP contribution in [0.15, 0.2) is 30.3 Å². The number of hydrogen-bond donors (Lipinski definition) is 1. The normalized spacial score (nSPS) is 21.6. The van der Waals surface area contributed by atoms with E-state index in [1.165, 1.54) is 76.2 Å². The first-order chi connectivity index (χ1) is 10.4. The highest BCUT2D eigenvalue weighted by atomic mass is 31.1. The molecule has 1 nitrogen and oxygen atoms in total. The van der Waals surface area contributed by atoms with Gasteiger partial charge in [-0.25, -0.2) is 0 Å². The van der Waals surface area contributed by atoms with Gasteiger partial charge in [0.1, 0.15) is 0 Å². The van der Waals surface area contributed by atoms with Gasteiger partial charge in [-0.2, -0.15) is 0 Å². The van der Waals surface area contributed by atoms with Crippen molar-refractivity contribution in [3.63, 3.8) is 0 Å². The second kappa shape index (κ2) is 8.18. The van der Waals surface area contributed by atoms with Gasteiger partial charge >= 0.3 is 0 Å². The SMILES string of the molecule is c1ccc(NCP(C2CCCCC2)C2CCCCC2)cc1. The van der Waals surface area contributed by atoms with Gasteiger partial charge in [-0.05, 0) is 49.1 Å². The summed E-state index contributed by atoms with van der Waals surface area (Å²) in [6.45, 7) is 0. The third kappa shape index (κ3) is 4.46. The van der Waals surface area contributed by atoms with Gasteiger partial charge in [-0.15, -0.1) is 0 Å². The summed E-state index contributed by atoms with van der Waals surface area (Å²) >= 11 is 0. The van der Waals surface area contributed by atoms with Gasteiger partial charge in [0.25, 0.3) is 0 Å². The molecule has 2 heteroatoms. The molecule has 1 aromatic carbocycles. The van der Waals surface area contributed by atoms with Crippen LogP contribution in [0.25, 0.3) is 0 Å². The topological polar surface area (TPSA) is 12.0 Å². The van der Waals surface area contributed by atoms with Crippen LogP contribution in [0.4, 0.5) is 5.69 Å². The largest absolute Gasteiger partial charge is 0.381 e. The maximum absolute atomic E-state index is 3.77. The summed E-state index contributed by atoms with van der Waals surface area (Å²) in [6.07, 6.45) is 16.2. The Morgan fingerprint density at radius 1 is 0.762 bits per heavy atom. The molecule has 2 aliphatic rings. The summed E-state index contributed by atoms with van der Waals surface area (Å²) in [5.41, 5.74) is 3.41. The Morgan fingerprint density at radius 2 is 1.29 bits per heavy atom. The summed E-state index contributed by atoms with van der Waals surface area (Å²) in [4.78, 5) is 0. The standard InChI is InChI=1S/C19H30NP/c1-4-10-17(11-5-1)20-16-21(18-12-6-2-7-13-18)19-14-8-3-9-15-19/h1,4-5,10-11,18-20H,2-3,6-9,12-16H2. The lowest BCUT2D eigenvalue weighted by Gasteiger charge is -2.38. The van der Waals surface area contributed by atoms with Crippen molar-refractivity contribution in [1.29, 1.82) is 0 Å². The van der Waals surface area contributed by atoms with Gasteiger partial charge in [0.15, 0.2) is 0 Å². The van der Waals surface area contributed by atoms with Crippen molar-refractivity contribution >= 4 is 13.6 Å². The molecule has 0 unspecified atom stereocenters. The van der Waals surface area contributed by atoms with Gasteiger partial charge in [0, 0.05) is 12.0 Å². The zero-order valence-corrected chi connectivity index (χ0v) is 14.2. The molecule has 0 amide bonds. The second-order valence-electron chi connectivity index (χ2n) is 6.80. The van der Waals surface area contributed by atoms with E-state index < -0.39 is 0 Å². The molecule has 0 aliphatic heterocycles. The average Bonchev–Trinajstić information content (AvgIpc) is 2.58. The van der Waals surface area contributed by atoms with Gasteiger partial charge in [0.2, 0.25) is 0 Å². The van der Waals surface area contributed by atoms with Gasteiger partial charge in [-0.1, -0.05) is 64.6 Å². The molecule has 2 aliphatic carbocycles. The second-order valence-corrected chi connectivity index (χ2v) is 9.60. The molecule has 21 heavy (non-hydrogen) atoms. The van der Waals surface area contributed by atoms with Gasteiger partial charge < -0.3 is 5.32 Å². The van der Waals surface area contributed by atoms with Crippen LogP contribution in [-0.4, -0.2) is 17.6 Å². The summed E-state index contributed by atoms with van der Waals surface area (Å²) in [5.74, 6) is 0. The van der Waals surface area contributed by atoms with Crippen LogP contribution in [0.3, 0.4) is 0 Å². The summed E-state index contributed by atoms with van der Waals surface area (Å²) in [6, 6.07) is 10.8. The Morgan fingerprint density at radius 3 is 1.81 bits per heavy atom. The Balaban J connectivity index is 1.62. The Kier molecular flexibility index (Phi) is 5.98. The maximum atomic E-state index is 3.77. The number of rotatable bonds is 5. The van der Waals surface area contributed by atoms with Crippen molar-refractivity contribution in [1.82, 2.24) is 0 Å². The predicted molar refractivity (Wildman–Crippen MR) is 95.6 cm³/mol. The first-order valence-corrected chi connectivity index (χ1v) is 10.6. The molecule has 0 atom stereocenters. The molecule has 0 spiro atoms. The fourth-order valence-electron chi connectivity index (χ4n) is 4.12. The van der Waals surface area contributed by atoms with Crippen LogP contribution in [0.2, 0.25) is 0 Å². The van der Waals surface area contributed by atoms with E-state index in [0.717, 1.165) is 11.3 Å². The molecule has 2 saturated carbocycles. The first kappa shape index (κ1) is 15.3. The minimum Gasteiger partial charge on any atom is -0.381 e. The van der Waals surface area contributed by atoms with E-state index in [1.807, 2.05) is 0 Å². The van der Waals surface area contributed by atoms with E-state index in [0.29, 0.717) is 0 Å². The number of para-hydroxylation sites is 1. The molecule has 0 saturated heterocycles. The lowest BCUT2D eigenvalue weighted by Crippen LogP contribution is -2.24. The van der Waals surface area contributed by atoms with Crippen LogP contribution >= 0.6 is 7.92 Å². The van der Waals surface area contributed by atoms with Crippen molar-refractivity contribution in [3.8, 4) is 0 Å². The molecule has 1 aromatic rings. The Labute approximate surface area is 131 Å². The molecule has 116 valence electrons. The van der Waals surface area contributed by atoms with E-state index in [4.69, 9.17) is 0 Å². The lowest BCUT2D eigenvalue weighted by molar-refractivity contribution is 0.484. The van der Waals surface area contributed by atoms with E-state index in [2.05, 4.69) is 35.6 Å². The molecule has 0 aromatic heterocycles. The molecule has 0 heterocycles. The van der Waals surface area contributed by atoms with Crippen molar-refractivity contribution in [2.24, 2.45) is 0 Å².